The molecule has 2 rings (SSSR count). The summed E-state index contributed by atoms with van der Waals surface area (Å²) < 4.78 is 21.1. The summed E-state index contributed by atoms with van der Waals surface area (Å²) in [6.07, 6.45) is -0.469. The SMILES string of the molecule is COc1ccc(NC(=O)C(=O)NCC(OC)c2ccccc2OC)c(OC)c1. The maximum Gasteiger partial charge on any atom is 0.313 e. The molecule has 2 aromatic rings. The summed E-state index contributed by atoms with van der Waals surface area (Å²) in [5.41, 5.74) is 1.13. The molecule has 2 amide bonds. The maximum atomic E-state index is 12.2. The molecule has 1 atom stereocenters. The van der Waals surface area contributed by atoms with Crippen LogP contribution in [0.2, 0.25) is 0 Å². The van der Waals surface area contributed by atoms with Gasteiger partial charge in [-0.2, -0.15) is 0 Å². The summed E-state index contributed by atoms with van der Waals surface area (Å²) in [5.74, 6) is -0.0347. The van der Waals surface area contributed by atoms with Crippen LogP contribution >= 0.6 is 0 Å². The number of carbonyl (C=O) groups is 2. The average Bonchev–Trinajstić information content (AvgIpc) is 2.74. The van der Waals surface area contributed by atoms with E-state index in [0.717, 1.165) is 5.56 Å². The fourth-order valence-corrected chi connectivity index (χ4v) is 2.60. The average molecular weight is 388 g/mol. The molecule has 28 heavy (non-hydrogen) atoms. The van der Waals surface area contributed by atoms with E-state index in [9.17, 15) is 9.59 Å². The van der Waals surface area contributed by atoms with Crippen LogP contribution in [0.15, 0.2) is 42.5 Å². The number of para-hydroxylation sites is 1. The fourth-order valence-electron chi connectivity index (χ4n) is 2.60. The fraction of sp³-hybridized carbons (Fsp3) is 0.300. The summed E-state index contributed by atoms with van der Waals surface area (Å²) in [6, 6.07) is 12.2. The molecule has 0 saturated heterocycles. The Kier molecular flexibility index (Phi) is 7.65. The third-order valence-electron chi connectivity index (χ3n) is 4.08. The summed E-state index contributed by atoms with van der Waals surface area (Å²) in [4.78, 5) is 24.4. The van der Waals surface area contributed by atoms with Crippen molar-refractivity contribution in [2.24, 2.45) is 0 Å². The predicted molar refractivity (Wildman–Crippen MR) is 104 cm³/mol. The third kappa shape index (κ3) is 5.14. The van der Waals surface area contributed by atoms with Crippen molar-refractivity contribution in [2.45, 2.75) is 6.10 Å². The summed E-state index contributed by atoms with van der Waals surface area (Å²) in [7, 11) is 6.06. The molecule has 1 unspecified atom stereocenters. The van der Waals surface area contributed by atoms with Crippen LogP contribution in [0, 0.1) is 0 Å². The van der Waals surface area contributed by atoms with E-state index in [1.807, 2.05) is 18.2 Å². The highest BCUT2D eigenvalue weighted by molar-refractivity contribution is 6.39. The van der Waals surface area contributed by atoms with Crippen molar-refractivity contribution in [1.82, 2.24) is 5.32 Å². The Hall–Kier alpha value is -3.26. The Bertz CT molecular complexity index is 824. The largest absolute Gasteiger partial charge is 0.497 e. The molecule has 0 spiro atoms. The third-order valence-corrected chi connectivity index (χ3v) is 4.08. The molecule has 0 fully saturated rings. The van der Waals surface area contributed by atoms with Crippen molar-refractivity contribution in [2.75, 3.05) is 40.3 Å². The van der Waals surface area contributed by atoms with E-state index in [-0.39, 0.29) is 6.54 Å². The highest BCUT2D eigenvalue weighted by Gasteiger charge is 2.20. The van der Waals surface area contributed by atoms with Crippen molar-refractivity contribution in [3.63, 3.8) is 0 Å². The lowest BCUT2D eigenvalue weighted by Gasteiger charge is -2.19. The van der Waals surface area contributed by atoms with Crippen LogP contribution in [0.3, 0.4) is 0 Å². The van der Waals surface area contributed by atoms with E-state index in [4.69, 9.17) is 18.9 Å². The molecule has 150 valence electrons. The monoisotopic (exact) mass is 388 g/mol. The number of rotatable bonds is 8. The second kappa shape index (κ2) is 10.2. The molecule has 0 aliphatic heterocycles. The number of nitrogens with one attached hydrogen (secondary N) is 2. The van der Waals surface area contributed by atoms with Gasteiger partial charge in [0.1, 0.15) is 23.4 Å². The van der Waals surface area contributed by atoms with E-state index in [0.29, 0.717) is 22.9 Å². The van der Waals surface area contributed by atoms with Gasteiger partial charge in [-0.15, -0.1) is 0 Å². The molecular formula is C20H24N2O6. The number of hydrogen-bond donors (Lipinski definition) is 2. The number of carbonyl (C=O) groups excluding carboxylic acids is 2. The zero-order valence-electron chi connectivity index (χ0n) is 16.3. The van der Waals surface area contributed by atoms with Gasteiger partial charge in [-0.1, -0.05) is 18.2 Å². The second-order valence-electron chi connectivity index (χ2n) is 5.70. The van der Waals surface area contributed by atoms with Gasteiger partial charge in [0.25, 0.3) is 0 Å². The van der Waals surface area contributed by atoms with Crippen LogP contribution in [0.5, 0.6) is 17.2 Å². The zero-order chi connectivity index (χ0) is 20.5. The topological polar surface area (TPSA) is 95.1 Å². The lowest BCUT2D eigenvalue weighted by molar-refractivity contribution is -0.136. The number of benzene rings is 2. The molecule has 0 aromatic heterocycles. The predicted octanol–water partition coefficient (Wildman–Crippen LogP) is 2.15. The number of amides is 2. The van der Waals surface area contributed by atoms with Crippen molar-refractivity contribution < 1.29 is 28.5 Å². The Morgan fingerprint density at radius 1 is 0.893 bits per heavy atom. The van der Waals surface area contributed by atoms with Gasteiger partial charge in [-0.05, 0) is 18.2 Å². The Balaban J connectivity index is 2.01. The van der Waals surface area contributed by atoms with E-state index in [1.165, 1.54) is 21.3 Å². The van der Waals surface area contributed by atoms with Gasteiger partial charge in [0.15, 0.2) is 0 Å². The first-order chi connectivity index (χ1) is 13.5. The van der Waals surface area contributed by atoms with Gasteiger partial charge in [0.05, 0.1) is 27.0 Å². The molecule has 0 aliphatic carbocycles. The van der Waals surface area contributed by atoms with Crippen LogP contribution in [-0.2, 0) is 14.3 Å². The van der Waals surface area contributed by atoms with Gasteiger partial charge >= 0.3 is 11.8 Å². The minimum absolute atomic E-state index is 0.100. The van der Waals surface area contributed by atoms with E-state index in [1.54, 1.807) is 31.4 Å². The van der Waals surface area contributed by atoms with Crippen molar-refractivity contribution in [3.05, 3.63) is 48.0 Å². The van der Waals surface area contributed by atoms with Crippen molar-refractivity contribution in [1.29, 1.82) is 0 Å². The van der Waals surface area contributed by atoms with E-state index in [2.05, 4.69) is 10.6 Å². The lowest BCUT2D eigenvalue weighted by atomic mass is 10.1. The number of anilines is 1. The first-order valence-corrected chi connectivity index (χ1v) is 8.51. The molecule has 0 saturated carbocycles. The van der Waals surface area contributed by atoms with Crippen LogP contribution in [-0.4, -0.2) is 46.8 Å². The van der Waals surface area contributed by atoms with Gasteiger partial charge in [-0.25, -0.2) is 0 Å². The minimum atomic E-state index is -0.821. The number of hydrogen-bond acceptors (Lipinski definition) is 6. The first kappa shape index (κ1) is 21.0. The van der Waals surface area contributed by atoms with Crippen molar-refractivity contribution in [3.8, 4) is 17.2 Å². The maximum absolute atomic E-state index is 12.2. The standard InChI is InChI=1S/C20H24N2O6/c1-25-13-9-10-15(17(11-13)27-3)22-20(24)19(23)21-12-18(28-4)14-7-5-6-8-16(14)26-2/h5-11,18H,12H2,1-4H3,(H,21,23)(H,22,24). The second-order valence-corrected chi connectivity index (χ2v) is 5.70. The summed E-state index contributed by atoms with van der Waals surface area (Å²) in [5, 5.41) is 5.09. The normalized spacial score (nSPS) is 11.3. The molecule has 2 aromatic carbocycles. The summed E-state index contributed by atoms with van der Waals surface area (Å²) >= 11 is 0. The Morgan fingerprint density at radius 3 is 2.25 bits per heavy atom. The number of ether oxygens (including phenoxy) is 4. The molecule has 0 heterocycles. The number of methoxy groups -OCH3 is 4. The van der Waals surface area contributed by atoms with Crippen LogP contribution in [0.1, 0.15) is 11.7 Å². The summed E-state index contributed by atoms with van der Waals surface area (Å²) in [6.45, 7) is 0.100. The van der Waals surface area contributed by atoms with Gasteiger partial charge < -0.3 is 29.6 Å². The Morgan fingerprint density at radius 2 is 1.61 bits per heavy atom. The van der Waals surface area contributed by atoms with E-state index < -0.39 is 17.9 Å². The molecule has 8 heteroatoms. The van der Waals surface area contributed by atoms with Crippen LogP contribution < -0.4 is 24.8 Å². The van der Waals surface area contributed by atoms with Gasteiger partial charge in [-0.3, -0.25) is 9.59 Å². The van der Waals surface area contributed by atoms with Crippen LogP contribution in [0.25, 0.3) is 0 Å². The smallest absolute Gasteiger partial charge is 0.313 e. The highest BCUT2D eigenvalue weighted by atomic mass is 16.5. The molecule has 2 N–H and O–H groups in total. The minimum Gasteiger partial charge on any atom is -0.497 e. The molecular weight excluding hydrogens is 364 g/mol. The molecule has 8 nitrogen and oxygen atoms in total. The van der Waals surface area contributed by atoms with Gasteiger partial charge in [0, 0.05) is 25.3 Å². The lowest BCUT2D eigenvalue weighted by Crippen LogP contribution is -2.38. The molecule has 0 radical (unpaired) electrons. The molecule has 0 aliphatic rings. The van der Waals surface area contributed by atoms with Crippen molar-refractivity contribution >= 4 is 17.5 Å². The van der Waals surface area contributed by atoms with E-state index >= 15 is 0 Å². The quantitative estimate of drug-likeness (QED) is 0.673. The van der Waals surface area contributed by atoms with Gasteiger partial charge in [0.2, 0.25) is 0 Å². The highest BCUT2D eigenvalue weighted by Crippen LogP contribution is 2.29. The first-order valence-electron chi connectivity index (χ1n) is 8.51. The van der Waals surface area contributed by atoms with Crippen LogP contribution in [0.4, 0.5) is 5.69 Å². The zero-order valence-corrected chi connectivity index (χ0v) is 16.3. The Labute approximate surface area is 163 Å². The molecule has 0 bridgehead atoms.